The van der Waals surface area contributed by atoms with E-state index in [4.69, 9.17) is 14.5 Å². The molecule has 0 unspecified atom stereocenters. The summed E-state index contributed by atoms with van der Waals surface area (Å²) in [6.07, 6.45) is 4.74. The summed E-state index contributed by atoms with van der Waals surface area (Å²) in [7, 11) is 1.61. The van der Waals surface area contributed by atoms with Crippen LogP contribution >= 0.6 is 11.3 Å². The summed E-state index contributed by atoms with van der Waals surface area (Å²) in [5.74, 6) is 1.85. The third-order valence-electron chi connectivity index (χ3n) is 6.59. The number of methoxy groups -OCH3 is 1. The number of amides is 1. The molecule has 1 aromatic heterocycles. The minimum absolute atomic E-state index is 0.147. The number of ether oxygens (including phenoxy) is 2. The lowest BCUT2D eigenvalue weighted by Crippen LogP contribution is -2.27. The van der Waals surface area contributed by atoms with Crippen LogP contribution in [0.5, 0.6) is 11.5 Å². The van der Waals surface area contributed by atoms with Gasteiger partial charge in [0.05, 0.1) is 25.0 Å². The van der Waals surface area contributed by atoms with E-state index in [1.807, 2.05) is 61.7 Å². The maximum Gasteiger partial charge on any atom is 0.259 e. The molecule has 1 aliphatic carbocycles. The van der Waals surface area contributed by atoms with E-state index in [0.29, 0.717) is 29.5 Å². The lowest BCUT2D eigenvalue weighted by atomic mass is 9.72. The van der Waals surface area contributed by atoms with Crippen molar-refractivity contribution in [1.29, 1.82) is 0 Å². The summed E-state index contributed by atoms with van der Waals surface area (Å²) in [5, 5.41) is 3.81. The summed E-state index contributed by atoms with van der Waals surface area (Å²) >= 11 is 1.64. The van der Waals surface area contributed by atoms with E-state index < -0.39 is 0 Å². The van der Waals surface area contributed by atoms with Gasteiger partial charge in [-0.3, -0.25) is 4.79 Å². The van der Waals surface area contributed by atoms with Crippen LogP contribution in [-0.4, -0.2) is 25.8 Å². The molecule has 6 heteroatoms. The van der Waals surface area contributed by atoms with Gasteiger partial charge in [0.1, 0.15) is 16.5 Å². The van der Waals surface area contributed by atoms with Gasteiger partial charge in [0.25, 0.3) is 5.91 Å². The van der Waals surface area contributed by atoms with Gasteiger partial charge in [-0.05, 0) is 67.3 Å². The normalized spacial score (nSPS) is 15.6. The fourth-order valence-electron chi connectivity index (χ4n) is 4.57. The minimum Gasteiger partial charge on any atom is -0.495 e. The summed E-state index contributed by atoms with van der Waals surface area (Å²) < 4.78 is 11.2. The number of nitrogens with zero attached hydrogens (tertiary/aromatic N) is 1. The molecule has 184 valence electrons. The predicted octanol–water partition coefficient (Wildman–Crippen LogP) is 7.31. The van der Waals surface area contributed by atoms with Crippen LogP contribution in [0.15, 0.2) is 53.5 Å². The van der Waals surface area contributed by atoms with Gasteiger partial charge in [-0.1, -0.05) is 45.0 Å². The van der Waals surface area contributed by atoms with Crippen LogP contribution in [0.2, 0.25) is 0 Å². The first-order valence-corrected chi connectivity index (χ1v) is 13.0. The molecule has 1 amide bonds. The average molecular weight is 491 g/mol. The fraction of sp³-hybridized carbons (Fsp3) is 0.379. The molecule has 2 aromatic carbocycles. The molecule has 5 nitrogen and oxygen atoms in total. The molecule has 1 heterocycles. The standard InChI is InChI=1S/C29H34N2O3S/c1-6-34-23-13-9-7-11-19(23)18-30-28-26(27(32)31-22-12-8-10-14-24(22)33-5)21-16-15-20(29(2,3)4)17-25(21)35-28/h7-14,18,20H,6,15-17H2,1-5H3,(H,31,32)/t20-/m0/s1. The average Bonchev–Trinajstić information content (AvgIpc) is 3.21. The van der Waals surface area contributed by atoms with Crippen LogP contribution in [0.25, 0.3) is 0 Å². The van der Waals surface area contributed by atoms with Gasteiger partial charge >= 0.3 is 0 Å². The predicted molar refractivity (Wildman–Crippen MR) is 145 cm³/mol. The van der Waals surface area contributed by atoms with Crippen molar-refractivity contribution in [2.75, 3.05) is 19.0 Å². The second kappa shape index (κ2) is 10.6. The highest BCUT2D eigenvalue weighted by Gasteiger charge is 2.33. The Morgan fingerprint density at radius 3 is 2.57 bits per heavy atom. The highest BCUT2D eigenvalue weighted by Crippen LogP contribution is 2.45. The molecule has 0 aliphatic heterocycles. The number of thiophene rings is 1. The summed E-state index contributed by atoms with van der Waals surface area (Å²) in [4.78, 5) is 19.7. The molecule has 1 N–H and O–H groups in total. The van der Waals surface area contributed by atoms with Crippen molar-refractivity contribution in [3.8, 4) is 11.5 Å². The molecule has 0 radical (unpaired) electrons. The quantitative estimate of drug-likeness (QED) is 0.353. The number of carbonyl (C=O) groups excluding carboxylic acids is 1. The van der Waals surface area contributed by atoms with Crippen LogP contribution < -0.4 is 14.8 Å². The lowest BCUT2D eigenvalue weighted by Gasteiger charge is -2.33. The van der Waals surface area contributed by atoms with Crippen molar-refractivity contribution in [1.82, 2.24) is 0 Å². The first kappa shape index (κ1) is 25.0. The molecule has 3 aromatic rings. The van der Waals surface area contributed by atoms with Crippen LogP contribution in [0.3, 0.4) is 0 Å². The number of aliphatic imine (C=N–C) groups is 1. The van der Waals surface area contributed by atoms with Crippen molar-refractivity contribution in [3.05, 3.63) is 70.1 Å². The minimum atomic E-state index is -0.147. The number of para-hydroxylation sites is 3. The van der Waals surface area contributed by atoms with E-state index in [0.717, 1.165) is 41.1 Å². The van der Waals surface area contributed by atoms with Gasteiger partial charge < -0.3 is 14.8 Å². The molecule has 0 spiro atoms. The third kappa shape index (κ3) is 5.59. The van der Waals surface area contributed by atoms with Crippen molar-refractivity contribution in [2.45, 2.75) is 47.0 Å². The number of nitrogens with one attached hydrogen (secondary N) is 1. The van der Waals surface area contributed by atoms with Crippen LogP contribution in [0.4, 0.5) is 10.7 Å². The van der Waals surface area contributed by atoms with E-state index in [-0.39, 0.29) is 11.3 Å². The Bertz CT molecular complexity index is 1220. The Kier molecular flexibility index (Phi) is 7.60. The molecule has 4 rings (SSSR count). The fourth-order valence-corrected chi connectivity index (χ4v) is 5.84. The number of benzene rings is 2. The van der Waals surface area contributed by atoms with Crippen LogP contribution in [-0.2, 0) is 12.8 Å². The zero-order valence-electron chi connectivity index (χ0n) is 21.2. The van der Waals surface area contributed by atoms with E-state index >= 15 is 0 Å². The number of carbonyl (C=O) groups is 1. The zero-order chi connectivity index (χ0) is 25.0. The second-order valence-electron chi connectivity index (χ2n) is 9.87. The third-order valence-corrected chi connectivity index (χ3v) is 7.76. The highest BCUT2D eigenvalue weighted by atomic mass is 32.1. The SMILES string of the molecule is CCOc1ccccc1C=Nc1sc2c(c1C(=O)Nc1ccccc1OC)CC[C@H](C(C)(C)C)C2. The summed E-state index contributed by atoms with van der Waals surface area (Å²) in [6.45, 7) is 9.45. The van der Waals surface area contributed by atoms with Crippen molar-refractivity contribution < 1.29 is 14.3 Å². The zero-order valence-corrected chi connectivity index (χ0v) is 22.0. The Hall–Kier alpha value is -3.12. The number of rotatable bonds is 7. The van der Waals surface area contributed by atoms with Gasteiger partial charge in [-0.25, -0.2) is 4.99 Å². The Morgan fingerprint density at radius 1 is 1.14 bits per heavy atom. The summed E-state index contributed by atoms with van der Waals surface area (Å²) in [6, 6.07) is 15.3. The van der Waals surface area contributed by atoms with E-state index in [1.54, 1.807) is 18.4 Å². The van der Waals surface area contributed by atoms with Crippen molar-refractivity contribution >= 4 is 34.1 Å². The Labute approximate surface area is 212 Å². The first-order valence-electron chi connectivity index (χ1n) is 12.2. The van der Waals surface area contributed by atoms with Gasteiger partial charge in [0.15, 0.2) is 0 Å². The van der Waals surface area contributed by atoms with Gasteiger partial charge in [-0.15, -0.1) is 11.3 Å². The number of hydrogen-bond acceptors (Lipinski definition) is 5. The largest absolute Gasteiger partial charge is 0.495 e. The Morgan fingerprint density at radius 2 is 1.86 bits per heavy atom. The topological polar surface area (TPSA) is 59.9 Å². The highest BCUT2D eigenvalue weighted by molar-refractivity contribution is 7.16. The number of anilines is 1. The molecule has 0 saturated carbocycles. The van der Waals surface area contributed by atoms with Gasteiger partial charge in [-0.2, -0.15) is 0 Å². The molecule has 0 saturated heterocycles. The molecular formula is C29H34N2O3S. The molecule has 35 heavy (non-hydrogen) atoms. The van der Waals surface area contributed by atoms with Crippen molar-refractivity contribution in [2.24, 2.45) is 16.3 Å². The number of hydrogen-bond donors (Lipinski definition) is 1. The lowest BCUT2D eigenvalue weighted by molar-refractivity contribution is 0.102. The molecule has 0 fully saturated rings. The molecule has 0 bridgehead atoms. The maximum absolute atomic E-state index is 13.6. The van der Waals surface area contributed by atoms with E-state index in [2.05, 4.69) is 26.1 Å². The van der Waals surface area contributed by atoms with Gasteiger partial charge in [0.2, 0.25) is 0 Å². The van der Waals surface area contributed by atoms with Crippen LogP contribution in [0, 0.1) is 11.3 Å². The second-order valence-corrected chi connectivity index (χ2v) is 11.0. The maximum atomic E-state index is 13.6. The Balaban J connectivity index is 1.73. The molecule has 1 atom stereocenters. The monoisotopic (exact) mass is 490 g/mol. The smallest absolute Gasteiger partial charge is 0.259 e. The summed E-state index contributed by atoms with van der Waals surface area (Å²) in [5.41, 5.74) is 3.58. The van der Waals surface area contributed by atoms with Gasteiger partial charge in [0, 0.05) is 16.7 Å². The number of fused-ring (bicyclic) bond motifs is 1. The van der Waals surface area contributed by atoms with Crippen LogP contribution in [0.1, 0.15) is 60.5 Å². The first-order chi connectivity index (χ1) is 16.8. The molecular weight excluding hydrogens is 456 g/mol. The van der Waals surface area contributed by atoms with E-state index in [9.17, 15) is 4.79 Å². The van der Waals surface area contributed by atoms with E-state index in [1.165, 1.54) is 4.88 Å². The van der Waals surface area contributed by atoms with Crippen molar-refractivity contribution in [3.63, 3.8) is 0 Å². The molecule has 1 aliphatic rings.